The molecule has 0 aromatic heterocycles. The van der Waals surface area contributed by atoms with E-state index in [-0.39, 0.29) is 12.0 Å². The Labute approximate surface area is 200 Å². The maximum Gasteiger partial charge on any atom is 0.264 e. The molecule has 0 unspecified atom stereocenters. The van der Waals surface area contributed by atoms with Crippen molar-refractivity contribution in [2.24, 2.45) is 4.99 Å². The van der Waals surface area contributed by atoms with Crippen LogP contribution in [0.2, 0.25) is 0 Å². The van der Waals surface area contributed by atoms with Crippen LogP contribution in [0.15, 0.2) is 46.3 Å². The number of carbonyl (C=O) groups excluding carboxylic acids is 1. The molecule has 3 rings (SSSR count). The van der Waals surface area contributed by atoms with Gasteiger partial charge in [-0.3, -0.25) is 4.79 Å². The first-order chi connectivity index (χ1) is 14.9. The first-order valence-corrected chi connectivity index (χ1v) is 11.9. The largest absolute Gasteiger partial charge is 0.494 e. The number of nitrogens with zero attached hydrogens (tertiary/aromatic N) is 1. The number of aliphatic imine (C=N–C) groups is 1. The van der Waals surface area contributed by atoms with Crippen LogP contribution in [0.3, 0.4) is 0 Å². The van der Waals surface area contributed by atoms with Crippen molar-refractivity contribution in [3.63, 3.8) is 0 Å². The Morgan fingerprint density at radius 3 is 2.61 bits per heavy atom. The molecule has 8 heteroatoms. The van der Waals surface area contributed by atoms with Crippen LogP contribution in [0, 0.1) is 3.57 Å². The van der Waals surface area contributed by atoms with Crippen molar-refractivity contribution in [2.45, 2.75) is 33.3 Å². The maximum atomic E-state index is 12.5. The predicted molar refractivity (Wildman–Crippen MR) is 135 cm³/mol. The Balaban J connectivity index is 1.80. The molecule has 1 N–H and O–H groups in total. The number of carbonyl (C=O) groups is 1. The van der Waals surface area contributed by atoms with Crippen molar-refractivity contribution >= 4 is 57.2 Å². The van der Waals surface area contributed by atoms with Gasteiger partial charge < -0.3 is 19.5 Å². The lowest BCUT2D eigenvalue weighted by molar-refractivity contribution is -0.115. The second-order valence-electron chi connectivity index (χ2n) is 6.78. The van der Waals surface area contributed by atoms with Crippen molar-refractivity contribution in [1.82, 2.24) is 5.32 Å². The third-order valence-electron chi connectivity index (χ3n) is 4.47. The fourth-order valence-corrected chi connectivity index (χ4v) is 4.35. The van der Waals surface area contributed by atoms with Gasteiger partial charge in [-0.2, -0.15) is 0 Å². The number of benzene rings is 2. The van der Waals surface area contributed by atoms with E-state index in [1.54, 1.807) is 7.11 Å². The first kappa shape index (κ1) is 23.5. The maximum absolute atomic E-state index is 12.5. The number of rotatable bonds is 8. The predicted octanol–water partition coefficient (Wildman–Crippen LogP) is 5.77. The molecule has 1 aliphatic rings. The standard InChI is InChI=1S/C23H25IN2O4S/c1-5-14(3)30-21-18(24)11-15(12-19(21)28-4)13-20-22(27)26-23(31-20)25-16-7-9-17(10-8-16)29-6-2/h7-14H,5-6H2,1-4H3,(H,25,26,27)/b20-13+/t14-/m1/s1. The van der Waals surface area contributed by atoms with Gasteiger partial charge in [0, 0.05) is 0 Å². The normalized spacial score (nSPS) is 17.0. The topological polar surface area (TPSA) is 69.2 Å². The zero-order valence-electron chi connectivity index (χ0n) is 17.9. The summed E-state index contributed by atoms with van der Waals surface area (Å²) in [4.78, 5) is 17.5. The van der Waals surface area contributed by atoms with Crippen molar-refractivity contribution in [2.75, 3.05) is 13.7 Å². The van der Waals surface area contributed by atoms with E-state index in [1.165, 1.54) is 11.8 Å². The quantitative estimate of drug-likeness (QED) is 0.333. The van der Waals surface area contributed by atoms with Gasteiger partial charge in [0.15, 0.2) is 16.7 Å². The lowest BCUT2D eigenvalue weighted by Crippen LogP contribution is -2.19. The molecule has 1 atom stereocenters. The number of thioether (sulfide) groups is 1. The Kier molecular flexibility index (Phi) is 8.25. The number of ether oxygens (including phenoxy) is 3. The Morgan fingerprint density at radius 2 is 1.97 bits per heavy atom. The second-order valence-corrected chi connectivity index (χ2v) is 8.97. The van der Waals surface area contributed by atoms with Crippen LogP contribution >= 0.6 is 34.4 Å². The first-order valence-electron chi connectivity index (χ1n) is 10.00. The molecule has 0 saturated carbocycles. The van der Waals surface area contributed by atoms with Gasteiger partial charge in [-0.25, -0.2) is 4.99 Å². The molecule has 2 aromatic rings. The molecule has 0 bridgehead atoms. The van der Waals surface area contributed by atoms with Crippen LogP contribution in [-0.2, 0) is 4.79 Å². The lowest BCUT2D eigenvalue weighted by atomic mass is 10.2. The van der Waals surface area contributed by atoms with Gasteiger partial charge in [0.25, 0.3) is 5.91 Å². The summed E-state index contributed by atoms with van der Waals surface area (Å²) in [6.45, 7) is 6.65. The van der Waals surface area contributed by atoms with E-state index < -0.39 is 0 Å². The van der Waals surface area contributed by atoms with Gasteiger partial charge in [0.05, 0.1) is 34.0 Å². The van der Waals surface area contributed by atoms with Gasteiger partial charge in [-0.15, -0.1) is 0 Å². The molecule has 1 heterocycles. The third kappa shape index (κ3) is 6.16. The van der Waals surface area contributed by atoms with Crippen LogP contribution in [0.5, 0.6) is 17.2 Å². The van der Waals surface area contributed by atoms with E-state index >= 15 is 0 Å². The molecule has 31 heavy (non-hydrogen) atoms. The fourth-order valence-electron chi connectivity index (χ4n) is 2.75. The molecular weight excluding hydrogens is 527 g/mol. The highest BCUT2D eigenvalue weighted by Crippen LogP contribution is 2.37. The van der Waals surface area contributed by atoms with Gasteiger partial charge in [0.2, 0.25) is 0 Å². The van der Waals surface area contributed by atoms with Crippen LogP contribution in [0.1, 0.15) is 32.8 Å². The number of hydrogen-bond acceptors (Lipinski definition) is 6. The molecule has 1 amide bonds. The van der Waals surface area contributed by atoms with Crippen LogP contribution < -0.4 is 19.5 Å². The molecule has 2 aromatic carbocycles. The lowest BCUT2D eigenvalue weighted by Gasteiger charge is -2.17. The molecule has 0 spiro atoms. The zero-order chi connectivity index (χ0) is 22.4. The molecule has 1 fully saturated rings. The summed E-state index contributed by atoms with van der Waals surface area (Å²) >= 11 is 3.53. The highest BCUT2D eigenvalue weighted by Gasteiger charge is 2.24. The van der Waals surface area contributed by atoms with E-state index in [9.17, 15) is 4.79 Å². The number of nitrogens with one attached hydrogen (secondary N) is 1. The molecular formula is C23H25IN2O4S. The smallest absolute Gasteiger partial charge is 0.264 e. The average molecular weight is 552 g/mol. The number of halogens is 1. The minimum absolute atomic E-state index is 0.0872. The van der Waals surface area contributed by atoms with E-state index in [2.05, 4.69) is 39.8 Å². The van der Waals surface area contributed by atoms with Gasteiger partial charge in [-0.05, 0) is 103 Å². The molecule has 0 radical (unpaired) electrons. The zero-order valence-corrected chi connectivity index (χ0v) is 20.9. The summed E-state index contributed by atoms with van der Waals surface area (Å²) in [5.41, 5.74) is 1.60. The van der Waals surface area contributed by atoms with Gasteiger partial charge in [-0.1, -0.05) is 6.92 Å². The molecule has 164 valence electrons. The Bertz CT molecular complexity index is 1010. The third-order valence-corrected chi connectivity index (χ3v) is 6.18. The van der Waals surface area contributed by atoms with Crippen molar-refractivity contribution in [1.29, 1.82) is 0 Å². The number of amides is 1. The van der Waals surface area contributed by atoms with Gasteiger partial charge in [0.1, 0.15) is 5.75 Å². The van der Waals surface area contributed by atoms with E-state index in [1.807, 2.05) is 56.3 Å². The minimum atomic E-state index is -0.177. The Morgan fingerprint density at radius 1 is 1.23 bits per heavy atom. The fraction of sp³-hybridized carbons (Fsp3) is 0.304. The van der Waals surface area contributed by atoms with Crippen LogP contribution in [0.4, 0.5) is 5.69 Å². The highest BCUT2D eigenvalue weighted by molar-refractivity contribution is 14.1. The second kappa shape index (κ2) is 10.9. The SMILES string of the molecule is CCOc1ccc(N=C2NC(=O)/C(=C\c3cc(I)c(O[C@H](C)CC)c(OC)c3)S2)cc1. The average Bonchev–Trinajstić information content (AvgIpc) is 3.09. The summed E-state index contributed by atoms with van der Waals surface area (Å²) in [6.07, 6.45) is 2.82. The summed E-state index contributed by atoms with van der Waals surface area (Å²) in [6, 6.07) is 11.3. The molecule has 0 aliphatic carbocycles. The van der Waals surface area contributed by atoms with E-state index in [0.29, 0.717) is 22.4 Å². The monoisotopic (exact) mass is 552 g/mol. The molecule has 1 saturated heterocycles. The minimum Gasteiger partial charge on any atom is -0.494 e. The number of methoxy groups -OCH3 is 1. The van der Waals surface area contributed by atoms with Crippen molar-refractivity contribution < 1.29 is 19.0 Å². The van der Waals surface area contributed by atoms with E-state index in [4.69, 9.17) is 14.2 Å². The summed E-state index contributed by atoms with van der Waals surface area (Å²) in [5, 5.41) is 3.36. The number of hydrogen-bond donors (Lipinski definition) is 1. The summed E-state index contributed by atoms with van der Waals surface area (Å²) < 4.78 is 17.9. The Hall–Kier alpha value is -2.20. The van der Waals surface area contributed by atoms with Crippen molar-refractivity contribution in [3.05, 3.63) is 50.4 Å². The number of amidine groups is 1. The van der Waals surface area contributed by atoms with E-state index in [0.717, 1.165) is 32.7 Å². The summed E-state index contributed by atoms with van der Waals surface area (Å²) in [5.74, 6) is 1.98. The van der Waals surface area contributed by atoms with Crippen LogP contribution in [0.25, 0.3) is 6.08 Å². The highest BCUT2D eigenvalue weighted by atomic mass is 127. The van der Waals surface area contributed by atoms with Crippen LogP contribution in [-0.4, -0.2) is 30.9 Å². The van der Waals surface area contributed by atoms with Gasteiger partial charge >= 0.3 is 0 Å². The molecule has 1 aliphatic heterocycles. The summed E-state index contributed by atoms with van der Waals surface area (Å²) in [7, 11) is 1.62. The van der Waals surface area contributed by atoms with Crippen molar-refractivity contribution in [3.8, 4) is 17.2 Å². The molecule has 6 nitrogen and oxygen atoms in total.